The standard InChI is InChI=1S/C5H12NS/c1-3-6(2)4-5-7/h3-5H2,1-2H3. The molecule has 0 rings (SSSR count). The third-order valence-corrected chi connectivity index (χ3v) is 1.20. The Morgan fingerprint density at radius 2 is 2.14 bits per heavy atom. The van der Waals surface area contributed by atoms with E-state index in [-0.39, 0.29) is 0 Å². The van der Waals surface area contributed by atoms with Gasteiger partial charge < -0.3 is 4.90 Å². The van der Waals surface area contributed by atoms with Crippen molar-refractivity contribution in [2.45, 2.75) is 6.92 Å². The second kappa shape index (κ2) is 4.47. The van der Waals surface area contributed by atoms with Crippen molar-refractivity contribution in [3.8, 4) is 0 Å². The van der Waals surface area contributed by atoms with Crippen LogP contribution in [0.1, 0.15) is 6.92 Å². The first-order valence-corrected chi connectivity index (χ1v) is 3.15. The van der Waals surface area contributed by atoms with Crippen molar-refractivity contribution in [1.82, 2.24) is 4.90 Å². The van der Waals surface area contributed by atoms with Crippen molar-refractivity contribution < 1.29 is 0 Å². The Morgan fingerprint density at radius 3 is 2.29 bits per heavy atom. The van der Waals surface area contributed by atoms with Crippen LogP contribution in [0.25, 0.3) is 0 Å². The largest absolute Gasteiger partial charge is 0.306 e. The highest BCUT2D eigenvalue weighted by Gasteiger charge is 1.87. The minimum atomic E-state index is 0.852. The van der Waals surface area contributed by atoms with Crippen LogP contribution < -0.4 is 0 Å². The van der Waals surface area contributed by atoms with Gasteiger partial charge in [-0.2, -0.15) is 0 Å². The highest BCUT2D eigenvalue weighted by atomic mass is 32.1. The fourth-order valence-corrected chi connectivity index (χ4v) is 0.626. The van der Waals surface area contributed by atoms with Crippen molar-refractivity contribution >= 4 is 12.6 Å². The van der Waals surface area contributed by atoms with Gasteiger partial charge in [-0.1, -0.05) is 19.6 Å². The Labute approximate surface area is 51.1 Å². The maximum Gasteiger partial charge on any atom is 0.0165 e. The number of hydrogen-bond acceptors (Lipinski definition) is 1. The van der Waals surface area contributed by atoms with Crippen molar-refractivity contribution in [3.05, 3.63) is 0 Å². The van der Waals surface area contributed by atoms with Gasteiger partial charge in [0.15, 0.2) is 0 Å². The van der Waals surface area contributed by atoms with E-state index >= 15 is 0 Å². The fourth-order valence-electron chi connectivity index (χ4n) is 0.314. The third kappa shape index (κ3) is 4.16. The van der Waals surface area contributed by atoms with Crippen molar-refractivity contribution in [2.24, 2.45) is 0 Å². The quantitative estimate of drug-likeness (QED) is 0.537. The molecule has 0 bridgehead atoms. The smallest absolute Gasteiger partial charge is 0.0165 e. The molecule has 0 saturated carbocycles. The molecule has 0 aliphatic rings. The maximum atomic E-state index is 4.75. The van der Waals surface area contributed by atoms with E-state index in [1.165, 1.54) is 0 Å². The molecule has 0 unspecified atom stereocenters. The van der Waals surface area contributed by atoms with E-state index in [1.807, 2.05) is 0 Å². The van der Waals surface area contributed by atoms with Crippen LogP contribution in [0.15, 0.2) is 0 Å². The lowest BCUT2D eigenvalue weighted by Gasteiger charge is -2.09. The van der Waals surface area contributed by atoms with Crippen LogP contribution in [-0.2, 0) is 0 Å². The predicted octanol–water partition coefficient (Wildman–Crippen LogP) is 1.14. The molecule has 0 fully saturated rings. The van der Waals surface area contributed by atoms with Crippen molar-refractivity contribution in [3.63, 3.8) is 0 Å². The molecule has 0 aromatic carbocycles. The van der Waals surface area contributed by atoms with Crippen LogP contribution in [0.5, 0.6) is 0 Å². The summed E-state index contributed by atoms with van der Waals surface area (Å²) in [5, 5.41) is 0. The van der Waals surface area contributed by atoms with E-state index in [0.29, 0.717) is 0 Å². The molecule has 0 heterocycles. The normalized spacial score (nSPS) is 10.3. The summed E-state index contributed by atoms with van der Waals surface area (Å²) in [6.45, 7) is 4.29. The van der Waals surface area contributed by atoms with Gasteiger partial charge in [-0.05, 0) is 13.6 Å². The van der Waals surface area contributed by atoms with Crippen LogP contribution in [0.3, 0.4) is 0 Å². The third-order valence-electron chi connectivity index (χ3n) is 1.01. The second-order valence-corrected chi connectivity index (χ2v) is 2.01. The average Bonchev–Trinajstić information content (AvgIpc) is 1.68. The highest BCUT2D eigenvalue weighted by Crippen LogP contribution is 1.80. The summed E-state index contributed by atoms with van der Waals surface area (Å²) in [4.78, 5) is 2.20. The molecule has 0 spiro atoms. The zero-order valence-corrected chi connectivity index (χ0v) is 5.79. The predicted molar refractivity (Wildman–Crippen MR) is 35.6 cm³/mol. The Hall–Kier alpha value is 0.310. The summed E-state index contributed by atoms with van der Waals surface area (Å²) in [5.41, 5.74) is 0. The summed E-state index contributed by atoms with van der Waals surface area (Å²) in [5.74, 6) is 0.852. The van der Waals surface area contributed by atoms with Gasteiger partial charge in [-0.3, -0.25) is 0 Å². The molecule has 0 saturated heterocycles. The van der Waals surface area contributed by atoms with Gasteiger partial charge in [0.25, 0.3) is 0 Å². The van der Waals surface area contributed by atoms with E-state index in [4.69, 9.17) is 12.6 Å². The molecule has 0 aromatic heterocycles. The van der Waals surface area contributed by atoms with E-state index in [0.717, 1.165) is 18.8 Å². The molecule has 43 valence electrons. The molecule has 0 aliphatic heterocycles. The van der Waals surface area contributed by atoms with Gasteiger partial charge >= 0.3 is 0 Å². The zero-order chi connectivity index (χ0) is 5.70. The molecule has 0 aliphatic carbocycles. The van der Waals surface area contributed by atoms with Crippen LogP contribution in [-0.4, -0.2) is 30.8 Å². The topological polar surface area (TPSA) is 3.24 Å². The summed E-state index contributed by atoms with van der Waals surface area (Å²) in [6, 6.07) is 0. The Kier molecular flexibility index (Phi) is 4.67. The lowest BCUT2D eigenvalue weighted by Crippen LogP contribution is -2.19. The van der Waals surface area contributed by atoms with E-state index in [2.05, 4.69) is 18.9 Å². The van der Waals surface area contributed by atoms with E-state index in [9.17, 15) is 0 Å². The average molecular weight is 118 g/mol. The Bertz CT molecular complexity index is 39.1. The zero-order valence-electron chi connectivity index (χ0n) is 4.98. The maximum absolute atomic E-state index is 4.75. The summed E-state index contributed by atoms with van der Waals surface area (Å²) >= 11 is 4.75. The van der Waals surface area contributed by atoms with Gasteiger partial charge in [0, 0.05) is 12.3 Å². The molecule has 0 N–H and O–H groups in total. The number of nitrogens with zero attached hydrogens (tertiary/aromatic N) is 1. The molecule has 0 amide bonds. The Morgan fingerprint density at radius 1 is 1.57 bits per heavy atom. The molecular formula is C5H12NS. The SMILES string of the molecule is CCN(C)CC[S]. The minimum Gasteiger partial charge on any atom is -0.306 e. The van der Waals surface area contributed by atoms with E-state index < -0.39 is 0 Å². The van der Waals surface area contributed by atoms with Crippen LogP contribution in [0.2, 0.25) is 0 Å². The van der Waals surface area contributed by atoms with Crippen LogP contribution in [0.4, 0.5) is 0 Å². The first-order valence-electron chi connectivity index (χ1n) is 2.58. The molecule has 0 aromatic rings. The monoisotopic (exact) mass is 118 g/mol. The molecule has 7 heavy (non-hydrogen) atoms. The first-order chi connectivity index (χ1) is 3.31. The molecule has 1 nitrogen and oxygen atoms in total. The number of rotatable bonds is 3. The molecule has 1 radical (unpaired) electrons. The van der Waals surface area contributed by atoms with Crippen LogP contribution in [0, 0.1) is 0 Å². The van der Waals surface area contributed by atoms with Gasteiger partial charge in [-0.25, -0.2) is 0 Å². The van der Waals surface area contributed by atoms with Gasteiger partial charge in [-0.15, -0.1) is 0 Å². The van der Waals surface area contributed by atoms with Gasteiger partial charge in [0.1, 0.15) is 0 Å². The lowest BCUT2D eigenvalue weighted by molar-refractivity contribution is 0.377. The van der Waals surface area contributed by atoms with Gasteiger partial charge in [0.05, 0.1) is 0 Å². The summed E-state index contributed by atoms with van der Waals surface area (Å²) < 4.78 is 0. The second-order valence-electron chi connectivity index (χ2n) is 1.60. The highest BCUT2D eigenvalue weighted by molar-refractivity contribution is 7.80. The van der Waals surface area contributed by atoms with Crippen molar-refractivity contribution in [1.29, 1.82) is 0 Å². The first kappa shape index (κ1) is 7.31. The summed E-state index contributed by atoms with van der Waals surface area (Å²) in [6.07, 6.45) is 0. The molecule has 2 heteroatoms. The fraction of sp³-hybridized carbons (Fsp3) is 1.00. The van der Waals surface area contributed by atoms with Crippen molar-refractivity contribution in [2.75, 3.05) is 25.9 Å². The Balaban J connectivity index is 2.83. The number of hydrogen-bond donors (Lipinski definition) is 0. The van der Waals surface area contributed by atoms with Gasteiger partial charge in [0.2, 0.25) is 0 Å². The molecule has 0 atom stereocenters. The minimum absolute atomic E-state index is 0.852. The van der Waals surface area contributed by atoms with E-state index in [1.54, 1.807) is 0 Å². The lowest BCUT2D eigenvalue weighted by atomic mass is 10.6. The van der Waals surface area contributed by atoms with Crippen LogP contribution >= 0.6 is 12.6 Å². The summed E-state index contributed by atoms with van der Waals surface area (Å²) in [7, 11) is 2.08. The molecular weight excluding hydrogens is 106 g/mol.